The second-order valence-corrected chi connectivity index (χ2v) is 6.52. The Morgan fingerprint density at radius 2 is 1.82 bits per heavy atom. The molecule has 1 aliphatic rings. The van der Waals surface area contributed by atoms with E-state index < -0.39 is 23.9 Å². The molecule has 2 unspecified atom stereocenters. The maximum absolute atomic E-state index is 13.9. The summed E-state index contributed by atoms with van der Waals surface area (Å²) in [4.78, 5) is 26.4. The van der Waals surface area contributed by atoms with E-state index in [4.69, 9.17) is 14.2 Å². The third kappa shape index (κ3) is 4.42. The highest BCUT2D eigenvalue weighted by molar-refractivity contribution is 5.86. The number of esters is 1. The molecule has 1 fully saturated rings. The van der Waals surface area contributed by atoms with Crippen molar-refractivity contribution in [3.05, 3.63) is 59.9 Å². The summed E-state index contributed by atoms with van der Waals surface area (Å²) in [6.07, 6.45) is -0.125. The second kappa shape index (κ2) is 8.73. The molecule has 1 aliphatic heterocycles. The Kier molecular flexibility index (Phi) is 6.13. The van der Waals surface area contributed by atoms with Gasteiger partial charge in [0.15, 0.2) is 11.6 Å². The minimum absolute atomic E-state index is 0.0977. The van der Waals surface area contributed by atoms with Gasteiger partial charge in [0.1, 0.15) is 17.9 Å². The van der Waals surface area contributed by atoms with Gasteiger partial charge in [0.2, 0.25) is 5.91 Å². The zero-order valence-electron chi connectivity index (χ0n) is 15.8. The predicted molar refractivity (Wildman–Crippen MR) is 99.6 cm³/mol. The number of ether oxygens (including phenoxy) is 3. The maximum atomic E-state index is 13.9. The third-order valence-corrected chi connectivity index (χ3v) is 4.70. The van der Waals surface area contributed by atoms with E-state index in [1.807, 2.05) is 0 Å². The number of halogens is 1. The topological polar surface area (TPSA) is 65.1 Å². The highest BCUT2D eigenvalue weighted by atomic mass is 19.1. The van der Waals surface area contributed by atoms with Gasteiger partial charge in [-0.3, -0.25) is 4.79 Å². The van der Waals surface area contributed by atoms with Crippen molar-refractivity contribution in [1.82, 2.24) is 4.90 Å². The van der Waals surface area contributed by atoms with Crippen LogP contribution in [-0.4, -0.2) is 49.7 Å². The summed E-state index contributed by atoms with van der Waals surface area (Å²) >= 11 is 0. The molecule has 1 saturated heterocycles. The van der Waals surface area contributed by atoms with Crippen molar-refractivity contribution < 1.29 is 28.2 Å². The van der Waals surface area contributed by atoms with Crippen molar-refractivity contribution in [3.8, 4) is 11.5 Å². The summed E-state index contributed by atoms with van der Waals surface area (Å²) < 4.78 is 29.5. The minimum atomic E-state index is -0.757. The summed E-state index contributed by atoms with van der Waals surface area (Å²) in [5, 5.41) is 0. The largest absolute Gasteiger partial charge is 0.497 e. The maximum Gasteiger partial charge on any atom is 0.328 e. The number of benzene rings is 2. The van der Waals surface area contributed by atoms with E-state index in [0.29, 0.717) is 5.75 Å². The van der Waals surface area contributed by atoms with E-state index in [0.717, 1.165) is 5.56 Å². The lowest BCUT2D eigenvalue weighted by molar-refractivity contribution is -0.150. The molecule has 0 radical (unpaired) electrons. The molecule has 2 aromatic rings. The van der Waals surface area contributed by atoms with Gasteiger partial charge in [-0.05, 0) is 29.8 Å². The number of hydrogen-bond acceptors (Lipinski definition) is 5. The molecule has 1 heterocycles. The Morgan fingerprint density at radius 1 is 1.11 bits per heavy atom. The first kappa shape index (κ1) is 19.7. The van der Waals surface area contributed by atoms with Crippen molar-refractivity contribution in [1.29, 1.82) is 0 Å². The Hall–Kier alpha value is -3.09. The molecule has 7 heteroatoms. The normalized spacial score (nSPS) is 18.6. The van der Waals surface area contributed by atoms with Gasteiger partial charge in [-0.2, -0.15) is 0 Å². The van der Waals surface area contributed by atoms with Crippen molar-refractivity contribution >= 4 is 11.9 Å². The summed E-state index contributed by atoms with van der Waals surface area (Å²) in [6, 6.07) is 12.4. The van der Waals surface area contributed by atoms with E-state index in [2.05, 4.69) is 0 Å². The molecule has 28 heavy (non-hydrogen) atoms. The van der Waals surface area contributed by atoms with Crippen LogP contribution in [0.15, 0.2) is 48.5 Å². The molecule has 6 nitrogen and oxygen atoms in total. The van der Waals surface area contributed by atoms with Crippen LogP contribution in [0.1, 0.15) is 12.0 Å². The number of nitrogens with zero attached hydrogens (tertiary/aromatic N) is 1. The average molecular weight is 387 g/mol. The van der Waals surface area contributed by atoms with Gasteiger partial charge in [-0.15, -0.1) is 0 Å². The Morgan fingerprint density at radius 3 is 2.46 bits per heavy atom. The lowest BCUT2D eigenvalue weighted by Crippen LogP contribution is -2.42. The fourth-order valence-corrected chi connectivity index (χ4v) is 3.26. The van der Waals surface area contributed by atoms with Gasteiger partial charge >= 0.3 is 5.97 Å². The molecule has 0 saturated carbocycles. The van der Waals surface area contributed by atoms with Crippen LogP contribution in [0.5, 0.6) is 11.5 Å². The van der Waals surface area contributed by atoms with E-state index in [1.165, 1.54) is 24.1 Å². The van der Waals surface area contributed by atoms with E-state index in [-0.39, 0.29) is 31.0 Å². The van der Waals surface area contributed by atoms with Gasteiger partial charge in [0, 0.05) is 6.42 Å². The van der Waals surface area contributed by atoms with Gasteiger partial charge in [0.25, 0.3) is 0 Å². The molecule has 1 amide bonds. The van der Waals surface area contributed by atoms with Crippen LogP contribution in [0, 0.1) is 5.82 Å². The smallest absolute Gasteiger partial charge is 0.328 e. The lowest BCUT2D eigenvalue weighted by Gasteiger charge is -2.22. The molecule has 0 bridgehead atoms. The van der Waals surface area contributed by atoms with Crippen LogP contribution >= 0.6 is 0 Å². The van der Waals surface area contributed by atoms with Crippen LogP contribution in [-0.2, 0) is 20.7 Å². The number of rotatable bonds is 6. The first-order chi connectivity index (χ1) is 13.5. The SMILES string of the molecule is COC(=O)C1CC(Oc2ccccc2F)CN1C(=O)Cc1ccc(OC)cc1. The zero-order valence-corrected chi connectivity index (χ0v) is 15.8. The quantitative estimate of drug-likeness (QED) is 0.713. The predicted octanol–water partition coefficient (Wildman–Crippen LogP) is 2.60. The van der Waals surface area contributed by atoms with Gasteiger partial charge in [0.05, 0.1) is 27.2 Å². The first-order valence-electron chi connectivity index (χ1n) is 8.93. The molecule has 0 aromatic heterocycles. The first-order valence-corrected chi connectivity index (χ1v) is 8.93. The Bertz CT molecular complexity index is 839. The van der Waals surface area contributed by atoms with Crippen LogP contribution in [0.25, 0.3) is 0 Å². The highest BCUT2D eigenvalue weighted by Crippen LogP contribution is 2.26. The average Bonchev–Trinajstić information content (AvgIpc) is 3.14. The highest BCUT2D eigenvalue weighted by Gasteiger charge is 2.41. The van der Waals surface area contributed by atoms with Crippen molar-refractivity contribution in [2.45, 2.75) is 25.0 Å². The van der Waals surface area contributed by atoms with E-state index in [9.17, 15) is 14.0 Å². The van der Waals surface area contributed by atoms with E-state index in [1.54, 1.807) is 43.5 Å². The van der Waals surface area contributed by atoms with Crippen LogP contribution in [0.3, 0.4) is 0 Å². The van der Waals surface area contributed by atoms with Gasteiger partial charge < -0.3 is 19.1 Å². The standard InChI is InChI=1S/C21H22FNO5/c1-26-15-9-7-14(8-10-15)11-20(24)23-13-16(12-18(23)21(25)27-2)28-19-6-4-3-5-17(19)22/h3-10,16,18H,11-13H2,1-2H3. The van der Waals surface area contributed by atoms with E-state index >= 15 is 0 Å². The molecular formula is C21H22FNO5. The van der Waals surface area contributed by atoms with Gasteiger partial charge in [-0.25, -0.2) is 9.18 Å². The molecule has 2 aromatic carbocycles. The van der Waals surface area contributed by atoms with Crippen molar-refractivity contribution in [2.24, 2.45) is 0 Å². The fourth-order valence-electron chi connectivity index (χ4n) is 3.26. The van der Waals surface area contributed by atoms with Crippen LogP contribution in [0.2, 0.25) is 0 Å². The van der Waals surface area contributed by atoms with Crippen molar-refractivity contribution in [3.63, 3.8) is 0 Å². The van der Waals surface area contributed by atoms with Gasteiger partial charge in [-0.1, -0.05) is 24.3 Å². The number of para-hydroxylation sites is 1. The van der Waals surface area contributed by atoms with Crippen LogP contribution < -0.4 is 9.47 Å². The summed E-state index contributed by atoms with van der Waals surface area (Å²) in [7, 11) is 2.85. The number of carbonyl (C=O) groups excluding carboxylic acids is 2. The number of hydrogen-bond donors (Lipinski definition) is 0. The van der Waals surface area contributed by atoms with Crippen LogP contribution in [0.4, 0.5) is 4.39 Å². The monoisotopic (exact) mass is 387 g/mol. The molecule has 0 spiro atoms. The zero-order chi connectivity index (χ0) is 20.1. The Labute approximate surface area is 162 Å². The number of methoxy groups -OCH3 is 2. The molecule has 148 valence electrons. The molecule has 2 atom stereocenters. The number of carbonyl (C=O) groups is 2. The molecular weight excluding hydrogens is 365 g/mol. The fraction of sp³-hybridized carbons (Fsp3) is 0.333. The Balaban J connectivity index is 1.72. The summed E-state index contributed by atoms with van der Waals surface area (Å²) in [5.74, 6) is -0.424. The molecule has 0 N–H and O–H groups in total. The summed E-state index contributed by atoms with van der Waals surface area (Å²) in [5.41, 5.74) is 0.799. The molecule has 0 aliphatic carbocycles. The summed E-state index contributed by atoms with van der Waals surface area (Å²) in [6.45, 7) is 0.184. The third-order valence-electron chi connectivity index (χ3n) is 4.70. The number of likely N-dealkylation sites (tertiary alicyclic amines) is 1. The lowest BCUT2D eigenvalue weighted by atomic mass is 10.1. The second-order valence-electron chi connectivity index (χ2n) is 6.52. The van der Waals surface area contributed by atoms with Crippen molar-refractivity contribution in [2.75, 3.05) is 20.8 Å². The molecule has 3 rings (SSSR count). The number of amides is 1. The minimum Gasteiger partial charge on any atom is -0.497 e.